The minimum absolute atomic E-state index is 0.316. The molecule has 0 radical (unpaired) electrons. The van der Waals surface area contributed by atoms with Crippen LogP contribution in [0.25, 0.3) is 21.6 Å². The van der Waals surface area contributed by atoms with E-state index >= 15 is 0 Å². The van der Waals surface area contributed by atoms with Crippen LogP contribution in [-0.4, -0.2) is 35.6 Å². The summed E-state index contributed by atoms with van der Waals surface area (Å²) in [4.78, 5) is 35.2. The van der Waals surface area contributed by atoms with Gasteiger partial charge in [-0.05, 0) is 44.0 Å². The fraction of sp³-hybridized carbons (Fsp3) is 0.333. The summed E-state index contributed by atoms with van der Waals surface area (Å²) >= 11 is 9.43. The van der Waals surface area contributed by atoms with Gasteiger partial charge in [0.05, 0.1) is 24.8 Å². The van der Waals surface area contributed by atoms with Gasteiger partial charge >= 0.3 is 11.9 Å². The molecule has 37 heavy (non-hydrogen) atoms. The Morgan fingerprint density at radius 2 is 1.59 bits per heavy atom. The van der Waals surface area contributed by atoms with E-state index in [4.69, 9.17) is 26.8 Å². The summed E-state index contributed by atoms with van der Waals surface area (Å²) in [6.07, 6.45) is 4.12. The first kappa shape index (κ1) is 28.6. The lowest BCUT2D eigenvalue weighted by Crippen LogP contribution is -2.05. The van der Waals surface area contributed by atoms with E-state index in [2.05, 4.69) is 29.9 Å². The van der Waals surface area contributed by atoms with Gasteiger partial charge in [0.1, 0.15) is 15.0 Å². The van der Waals surface area contributed by atoms with Crippen molar-refractivity contribution < 1.29 is 19.1 Å². The van der Waals surface area contributed by atoms with Crippen molar-refractivity contribution in [3.05, 3.63) is 62.4 Å². The number of nitrogens with zero attached hydrogens (tertiary/aromatic N) is 2. The number of aryl methyl sites for hydroxylation is 2. The second-order valence-electron chi connectivity index (χ2n) is 8.05. The summed E-state index contributed by atoms with van der Waals surface area (Å²) in [6.45, 7) is 6.41. The average Bonchev–Trinajstić information content (AvgIpc) is 3.47. The third-order valence-corrected chi connectivity index (χ3v) is 7.66. The summed E-state index contributed by atoms with van der Waals surface area (Å²) in [7, 11) is 1.36. The van der Waals surface area contributed by atoms with Gasteiger partial charge in [-0.1, -0.05) is 50.4 Å². The number of esters is 2. The number of hydrogen-bond acceptors (Lipinski definition) is 9. The average molecular weight is 560 g/mol. The molecule has 1 aromatic carbocycles. The van der Waals surface area contributed by atoms with E-state index in [1.54, 1.807) is 42.5 Å². The van der Waals surface area contributed by atoms with Crippen molar-refractivity contribution >= 4 is 61.4 Å². The quantitative estimate of drug-likeness (QED) is 0.179. The van der Waals surface area contributed by atoms with Crippen molar-refractivity contribution in [1.29, 1.82) is 0 Å². The van der Waals surface area contributed by atoms with Gasteiger partial charge in [0.15, 0.2) is 5.82 Å². The Bertz CT molecular complexity index is 1370. The second kappa shape index (κ2) is 13.5. The second-order valence-corrected chi connectivity index (χ2v) is 10.7. The van der Waals surface area contributed by atoms with Crippen LogP contribution in [0, 0.1) is 0 Å². The smallest absolute Gasteiger partial charge is 0.341 e. The molecule has 3 aromatic heterocycles. The largest absolute Gasteiger partial charge is 0.465 e. The number of benzene rings is 1. The first-order chi connectivity index (χ1) is 17.8. The third kappa shape index (κ3) is 7.28. The molecule has 0 saturated heterocycles. The maximum Gasteiger partial charge on any atom is 0.341 e. The molecular weight excluding hydrogens is 530 g/mol. The minimum Gasteiger partial charge on any atom is -0.465 e. The van der Waals surface area contributed by atoms with Gasteiger partial charge in [0.2, 0.25) is 0 Å². The Hall–Kier alpha value is -3.01. The lowest BCUT2D eigenvalue weighted by Gasteiger charge is -2.03. The number of hydrogen-bond donors (Lipinski definition) is 1. The molecule has 4 rings (SSSR count). The van der Waals surface area contributed by atoms with Gasteiger partial charge in [-0.3, -0.25) is 0 Å². The highest BCUT2D eigenvalue weighted by atomic mass is 35.5. The number of nitrogen functional groups attached to an aromatic ring is 1. The van der Waals surface area contributed by atoms with Crippen LogP contribution < -0.4 is 5.73 Å². The zero-order valence-corrected chi connectivity index (χ0v) is 23.7. The zero-order valence-electron chi connectivity index (χ0n) is 21.3. The fourth-order valence-electron chi connectivity index (χ4n) is 3.50. The normalized spacial score (nSPS) is 10.6. The van der Waals surface area contributed by atoms with E-state index in [0.717, 1.165) is 46.3 Å². The minimum atomic E-state index is -0.367. The Labute approximate surface area is 229 Å². The summed E-state index contributed by atoms with van der Waals surface area (Å²) < 4.78 is 9.58. The number of carbonyl (C=O) groups is 2. The number of aromatic nitrogens is 2. The highest BCUT2D eigenvalue weighted by Crippen LogP contribution is 2.32. The van der Waals surface area contributed by atoms with E-state index in [-0.39, 0.29) is 11.9 Å². The van der Waals surface area contributed by atoms with Crippen LogP contribution in [0.1, 0.15) is 64.1 Å². The summed E-state index contributed by atoms with van der Waals surface area (Å²) in [5, 5.41) is 1.92. The van der Waals surface area contributed by atoms with Gasteiger partial charge < -0.3 is 15.2 Å². The molecule has 0 aliphatic carbocycles. The van der Waals surface area contributed by atoms with Gasteiger partial charge in [0, 0.05) is 20.7 Å². The monoisotopic (exact) mass is 559 g/mol. The predicted molar refractivity (Wildman–Crippen MR) is 152 cm³/mol. The molecule has 0 spiro atoms. The molecule has 0 aliphatic rings. The molecule has 10 heteroatoms. The van der Waals surface area contributed by atoms with Gasteiger partial charge in [-0.2, -0.15) is 0 Å². The molecule has 0 fully saturated rings. The number of anilines is 1. The van der Waals surface area contributed by atoms with Gasteiger partial charge in [-0.25, -0.2) is 19.6 Å². The van der Waals surface area contributed by atoms with Crippen molar-refractivity contribution in [3.63, 3.8) is 0 Å². The lowest BCUT2D eigenvalue weighted by atomic mass is 10.1. The van der Waals surface area contributed by atoms with Crippen LogP contribution in [0.4, 0.5) is 5.00 Å². The summed E-state index contributed by atoms with van der Waals surface area (Å²) in [6, 6.07) is 10.9. The standard InChI is InChI=1S/C17H15ClN2O2S.C10H15NO2S/c1-3-4-12-9-13-14(18)19-15(20-16(13)23-12)10-5-7-11(8-6-10)17(21)22-2;1-3-5-7-6-8(9(11)14-7)10(12)13-4-2/h5-9H,3-4H2,1-2H3;6H,3-5,11H2,1-2H3. The predicted octanol–water partition coefficient (Wildman–Crippen LogP) is 7.21. The van der Waals surface area contributed by atoms with Crippen LogP contribution in [0.3, 0.4) is 0 Å². The molecule has 4 aromatic rings. The van der Waals surface area contributed by atoms with Crippen molar-refractivity contribution in [2.75, 3.05) is 19.5 Å². The van der Waals surface area contributed by atoms with E-state index in [1.165, 1.54) is 23.3 Å². The first-order valence-corrected chi connectivity index (χ1v) is 14.0. The molecule has 0 aliphatic heterocycles. The first-order valence-electron chi connectivity index (χ1n) is 12.0. The topological polar surface area (TPSA) is 104 Å². The molecule has 0 saturated carbocycles. The molecule has 3 heterocycles. The summed E-state index contributed by atoms with van der Waals surface area (Å²) in [5.74, 6) is -0.124. The Kier molecular flexibility index (Phi) is 10.4. The number of thiophene rings is 2. The Morgan fingerprint density at radius 1 is 0.946 bits per heavy atom. The van der Waals surface area contributed by atoms with Crippen molar-refractivity contribution in [2.24, 2.45) is 0 Å². The molecule has 0 bridgehead atoms. The number of carbonyl (C=O) groups excluding carboxylic acids is 2. The van der Waals surface area contributed by atoms with Crippen LogP contribution in [0.5, 0.6) is 0 Å². The maximum absolute atomic E-state index is 11.5. The van der Waals surface area contributed by atoms with Crippen molar-refractivity contribution in [1.82, 2.24) is 9.97 Å². The van der Waals surface area contributed by atoms with E-state index in [9.17, 15) is 9.59 Å². The number of fused-ring (bicyclic) bond motifs is 1. The number of methoxy groups -OCH3 is 1. The number of nitrogens with two attached hydrogens (primary N) is 1. The van der Waals surface area contributed by atoms with Crippen LogP contribution in [0.2, 0.25) is 5.15 Å². The van der Waals surface area contributed by atoms with E-state index in [1.807, 2.05) is 6.07 Å². The van der Waals surface area contributed by atoms with Crippen LogP contribution in [0.15, 0.2) is 36.4 Å². The van der Waals surface area contributed by atoms with Crippen molar-refractivity contribution in [2.45, 2.75) is 46.5 Å². The number of ether oxygens (including phenoxy) is 2. The van der Waals surface area contributed by atoms with Crippen LogP contribution >= 0.6 is 34.3 Å². The fourth-order valence-corrected chi connectivity index (χ4v) is 5.93. The number of halogens is 1. The number of rotatable bonds is 8. The SMILES string of the molecule is CCCc1cc(C(=O)OCC)c(N)s1.CCCc1cc2c(Cl)nc(-c3ccc(C(=O)OC)cc3)nc2s1. The molecule has 7 nitrogen and oxygen atoms in total. The van der Waals surface area contributed by atoms with Crippen molar-refractivity contribution in [3.8, 4) is 11.4 Å². The Morgan fingerprint density at radius 3 is 2.19 bits per heavy atom. The zero-order chi connectivity index (χ0) is 26.9. The molecular formula is C27H30ClN3O4S2. The van der Waals surface area contributed by atoms with E-state index < -0.39 is 0 Å². The molecule has 2 N–H and O–H groups in total. The molecule has 196 valence electrons. The molecule has 0 amide bonds. The molecule has 0 atom stereocenters. The molecule has 0 unspecified atom stereocenters. The lowest BCUT2D eigenvalue weighted by molar-refractivity contribution is 0.0527. The highest BCUT2D eigenvalue weighted by molar-refractivity contribution is 7.18. The third-order valence-electron chi connectivity index (χ3n) is 5.26. The highest BCUT2D eigenvalue weighted by Gasteiger charge is 2.15. The maximum atomic E-state index is 11.5. The Balaban J connectivity index is 0.000000233. The van der Waals surface area contributed by atoms with Crippen LogP contribution in [-0.2, 0) is 22.3 Å². The van der Waals surface area contributed by atoms with E-state index in [0.29, 0.717) is 33.7 Å². The van der Waals surface area contributed by atoms with Gasteiger partial charge in [0.25, 0.3) is 0 Å². The summed E-state index contributed by atoms with van der Waals surface area (Å²) in [5.41, 5.74) is 7.54. The van der Waals surface area contributed by atoms with Gasteiger partial charge in [-0.15, -0.1) is 22.7 Å².